The van der Waals surface area contributed by atoms with Crippen molar-refractivity contribution < 1.29 is 15.3 Å². The molecule has 0 saturated heterocycles. The van der Waals surface area contributed by atoms with Crippen LogP contribution in [0.2, 0.25) is 0 Å². The van der Waals surface area contributed by atoms with E-state index in [0.717, 1.165) is 0 Å². The SMILES string of the molecule is C=CC(O)c1ccc(O)c(C(O)C=C)c1C. The summed E-state index contributed by atoms with van der Waals surface area (Å²) in [5.41, 5.74) is 1.62. The van der Waals surface area contributed by atoms with Gasteiger partial charge in [-0.15, -0.1) is 13.2 Å². The summed E-state index contributed by atoms with van der Waals surface area (Å²) in [6, 6.07) is 3.05. The Hall–Kier alpha value is -1.58. The van der Waals surface area contributed by atoms with Gasteiger partial charge in [0.15, 0.2) is 0 Å². The van der Waals surface area contributed by atoms with Gasteiger partial charge in [-0.05, 0) is 24.1 Å². The monoisotopic (exact) mass is 220 g/mol. The summed E-state index contributed by atoms with van der Waals surface area (Å²) in [7, 11) is 0. The Morgan fingerprint density at radius 2 is 1.69 bits per heavy atom. The number of rotatable bonds is 4. The maximum Gasteiger partial charge on any atom is 0.121 e. The van der Waals surface area contributed by atoms with Crippen LogP contribution in [-0.4, -0.2) is 15.3 Å². The molecule has 0 saturated carbocycles. The smallest absolute Gasteiger partial charge is 0.121 e. The number of hydrogen-bond donors (Lipinski definition) is 3. The Morgan fingerprint density at radius 3 is 2.19 bits per heavy atom. The fraction of sp³-hybridized carbons (Fsp3) is 0.231. The fourth-order valence-corrected chi connectivity index (χ4v) is 1.67. The largest absolute Gasteiger partial charge is 0.508 e. The number of phenolic OH excluding ortho intramolecular Hbond substituents is 1. The van der Waals surface area contributed by atoms with Crippen LogP contribution in [-0.2, 0) is 0 Å². The zero-order chi connectivity index (χ0) is 12.3. The Morgan fingerprint density at radius 1 is 1.12 bits per heavy atom. The first-order chi connectivity index (χ1) is 7.52. The second-order valence-corrected chi connectivity index (χ2v) is 3.57. The van der Waals surface area contributed by atoms with Gasteiger partial charge in [-0.2, -0.15) is 0 Å². The Kier molecular flexibility index (Phi) is 3.88. The van der Waals surface area contributed by atoms with Gasteiger partial charge in [0.1, 0.15) is 11.9 Å². The maximum absolute atomic E-state index is 9.68. The average molecular weight is 220 g/mol. The molecule has 0 aliphatic rings. The van der Waals surface area contributed by atoms with Gasteiger partial charge < -0.3 is 15.3 Å². The van der Waals surface area contributed by atoms with Gasteiger partial charge in [-0.1, -0.05) is 18.2 Å². The van der Waals surface area contributed by atoms with Crippen molar-refractivity contribution in [3.05, 3.63) is 54.1 Å². The highest BCUT2D eigenvalue weighted by molar-refractivity contribution is 5.47. The number of phenols is 1. The zero-order valence-electron chi connectivity index (χ0n) is 9.22. The van der Waals surface area contributed by atoms with E-state index in [1.54, 1.807) is 13.0 Å². The lowest BCUT2D eigenvalue weighted by atomic mass is 9.94. The standard InChI is InChI=1S/C13H16O3/c1-4-10(14)9-6-7-12(16)13(8(9)3)11(15)5-2/h4-7,10-11,14-16H,1-2H2,3H3. The quantitative estimate of drug-likeness (QED) is 0.681. The summed E-state index contributed by atoms with van der Waals surface area (Å²) < 4.78 is 0. The Balaban J connectivity index is 3.37. The minimum atomic E-state index is -0.947. The summed E-state index contributed by atoms with van der Waals surface area (Å²) in [6.45, 7) is 8.70. The van der Waals surface area contributed by atoms with Crippen LogP contribution in [0.3, 0.4) is 0 Å². The van der Waals surface area contributed by atoms with E-state index in [4.69, 9.17) is 0 Å². The van der Waals surface area contributed by atoms with Crippen LogP contribution in [0.4, 0.5) is 0 Å². The van der Waals surface area contributed by atoms with E-state index in [2.05, 4.69) is 13.2 Å². The average Bonchev–Trinajstić information content (AvgIpc) is 2.28. The molecule has 0 spiro atoms. The molecule has 0 aliphatic heterocycles. The molecule has 2 atom stereocenters. The van der Waals surface area contributed by atoms with Gasteiger partial charge in [-0.25, -0.2) is 0 Å². The van der Waals surface area contributed by atoms with Crippen LogP contribution < -0.4 is 0 Å². The summed E-state index contributed by atoms with van der Waals surface area (Å²) in [5, 5.41) is 29.0. The van der Waals surface area contributed by atoms with Crippen LogP contribution in [0.5, 0.6) is 5.75 Å². The molecule has 3 heteroatoms. The molecule has 0 heterocycles. The molecule has 86 valence electrons. The first kappa shape index (κ1) is 12.5. The fourth-order valence-electron chi connectivity index (χ4n) is 1.67. The van der Waals surface area contributed by atoms with Crippen LogP contribution >= 0.6 is 0 Å². The van der Waals surface area contributed by atoms with E-state index >= 15 is 0 Å². The number of hydrogen-bond acceptors (Lipinski definition) is 3. The zero-order valence-corrected chi connectivity index (χ0v) is 9.22. The molecule has 0 aliphatic carbocycles. The Bertz CT molecular complexity index is 410. The number of benzene rings is 1. The third-order valence-electron chi connectivity index (χ3n) is 2.59. The second kappa shape index (κ2) is 4.96. The summed E-state index contributed by atoms with van der Waals surface area (Å²) in [4.78, 5) is 0. The minimum Gasteiger partial charge on any atom is -0.508 e. The third-order valence-corrected chi connectivity index (χ3v) is 2.59. The van der Waals surface area contributed by atoms with Crippen molar-refractivity contribution in [2.24, 2.45) is 0 Å². The topological polar surface area (TPSA) is 60.7 Å². The highest BCUT2D eigenvalue weighted by Crippen LogP contribution is 2.33. The summed E-state index contributed by atoms with van der Waals surface area (Å²) >= 11 is 0. The van der Waals surface area contributed by atoms with Gasteiger partial charge in [0.25, 0.3) is 0 Å². The lowest BCUT2D eigenvalue weighted by Gasteiger charge is -2.17. The first-order valence-electron chi connectivity index (χ1n) is 4.96. The van der Waals surface area contributed by atoms with Crippen molar-refractivity contribution in [1.29, 1.82) is 0 Å². The lowest BCUT2D eigenvalue weighted by molar-refractivity contribution is 0.217. The summed E-state index contributed by atoms with van der Waals surface area (Å²) in [5.74, 6) is -0.00934. The minimum absolute atomic E-state index is 0.00934. The van der Waals surface area contributed by atoms with Crippen molar-refractivity contribution in [2.75, 3.05) is 0 Å². The molecule has 3 nitrogen and oxygen atoms in total. The van der Waals surface area contributed by atoms with Crippen LogP contribution in [0.1, 0.15) is 28.9 Å². The normalized spacial score (nSPS) is 14.2. The predicted molar refractivity (Wildman–Crippen MR) is 63.2 cm³/mol. The van der Waals surface area contributed by atoms with E-state index in [1.165, 1.54) is 18.2 Å². The molecule has 16 heavy (non-hydrogen) atoms. The van der Waals surface area contributed by atoms with Crippen molar-refractivity contribution in [2.45, 2.75) is 19.1 Å². The maximum atomic E-state index is 9.68. The van der Waals surface area contributed by atoms with Crippen LogP contribution in [0, 0.1) is 6.92 Å². The van der Waals surface area contributed by atoms with E-state index < -0.39 is 12.2 Å². The first-order valence-corrected chi connectivity index (χ1v) is 4.96. The number of aliphatic hydroxyl groups is 2. The third kappa shape index (κ3) is 2.15. The lowest BCUT2D eigenvalue weighted by Crippen LogP contribution is -2.03. The molecular weight excluding hydrogens is 204 g/mol. The van der Waals surface area contributed by atoms with Gasteiger partial charge in [-0.3, -0.25) is 0 Å². The molecule has 1 aromatic carbocycles. The highest BCUT2D eigenvalue weighted by atomic mass is 16.3. The van der Waals surface area contributed by atoms with E-state index in [0.29, 0.717) is 16.7 Å². The molecule has 0 amide bonds. The second-order valence-electron chi connectivity index (χ2n) is 3.57. The van der Waals surface area contributed by atoms with Gasteiger partial charge in [0.05, 0.1) is 6.10 Å². The molecule has 2 unspecified atom stereocenters. The molecule has 0 bridgehead atoms. The van der Waals surface area contributed by atoms with E-state index in [1.807, 2.05) is 0 Å². The summed E-state index contributed by atoms with van der Waals surface area (Å²) in [6.07, 6.45) is 0.962. The number of aliphatic hydroxyl groups excluding tert-OH is 2. The van der Waals surface area contributed by atoms with Gasteiger partial charge in [0.2, 0.25) is 0 Å². The van der Waals surface area contributed by atoms with E-state index in [-0.39, 0.29) is 5.75 Å². The van der Waals surface area contributed by atoms with Crippen molar-refractivity contribution in [1.82, 2.24) is 0 Å². The molecule has 1 rings (SSSR count). The molecular formula is C13H16O3. The van der Waals surface area contributed by atoms with E-state index in [9.17, 15) is 15.3 Å². The van der Waals surface area contributed by atoms with Gasteiger partial charge >= 0.3 is 0 Å². The van der Waals surface area contributed by atoms with Crippen molar-refractivity contribution in [3.8, 4) is 5.75 Å². The molecule has 0 radical (unpaired) electrons. The Labute approximate surface area is 95.0 Å². The van der Waals surface area contributed by atoms with Crippen LogP contribution in [0.15, 0.2) is 37.4 Å². The molecule has 0 aromatic heterocycles. The molecule has 1 aromatic rings. The van der Waals surface area contributed by atoms with Crippen LogP contribution in [0.25, 0.3) is 0 Å². The predicted octanol–water partition coefficient (Wildman–Crippen LogP) is 2.14. The van der Waals surface area contributed by atoms with Crippen molar-refractivity contribution in [3.63, 3.8) is 0 Å². The number of aromatic hydroxyl groups is 1. The highest BCUT2D eigenvalue weighted by Gasteiger charge is 2.17. The van der Waals surface area contributed by atoms with Crippen molar-refractivity contribution >= 4 is 0 Å². The molecule has 3 N–H and O–H groups in total. The molecule has 0 fully saturated rings. The van der Waals surface area contributed by atoms with Gasteiger partial charge in [0, 0.05) is 5.56 Å².